The van der Waals surface area contributed by atoms with E-state index in [9.17, 15) is 13.2 Å². The van der Waals surface area contributed by atoms with Crippen molar-refractivity contribution < 1.29 is 8.42 Å². The first-order valence-electron chi connectivity index (χ1n) is 5.96. The van der Waals surface area contributed by atoms with Crippen LogP contribution in [0.15, 0.2) is 23.1 Å². The maximum Gasteiger partial charge on any atom is 0.250 e. The number of rotatable bonds is 6. The van der Waals surface area contributed by atoms with Gasteiger partial charge in [0.1, 0.15) is 9.84 Å². The molecule has 0 radical (unpaired) electrons. The minimum absolute atomic E-state index is 0.0434. The number of hydrogen-bond acceptors (Lipinski definition) is 4. The van der Waals surface area contributed by atoms with E-state index in [-0.39, 0.29) is 17.4 Å². The zero-order valence-corrected chi connectivity index (χ0v) is 11.8. The highest BCUT2D eigenvalue weighted by Crippen LogP contribution is 2.07. The first-order valence-corrected chi connectivity index (χ1v) is 8.02. The third-order valence-electron chi connectivity index (χ3n) is 2.41. The van der Waals surface area contributed by atoms with Gasteiger partial charge in [-0.15, -0.1) is 0 Å². The van der Waals surface area contributed by atoms with Crippen LogP contribution in [-0.2, 0) is 16.4 Å². The molecule has 0 saturated heterocycles. The molecule has 1 heterocycles. The lowest BCUT2D eigenvalue weighted by Gasteiger charge is -2.15. The first kappa shape index (κ1) is 14.8. The van der Waals surface area contributed by atoms with Crippen LogP contribution in [0.25, 0.3) is 0 Å². The number of nitrogens with zero attached hydrogens (tertiary/aromatic N) is 1. The molecule has 1 atom stereocenters. The number of aryl methyl sites for hydroxylation is 1. The number of anilines is 1. The molecule has 1 N–H and O–H groups in total. The van der Waals surface area contributed by atoms with Gasteiger partial charge >= 0.3 is 0 Å². The van der Waals surface area contributed by atoms with Gasteiger partial charge in [0.05, 0.1) is 11.4 Å². The molecule has 0 aromatic carbocycles. The van der Waals surface area contributed by atoms with Crippen molar-refractivity contribution in [2.75, 3.05) is 17.3 Å². The molecule has 0 aliphatic carbocycles. The molecule has 0 aliphatic rings. The maximum absolute atomic E-state index is 11.5. The molecular formula is C12H20N2O3S. The van der Waals surface area contributed by atoms with E-state index >= 15 is 0 Å². The Hall–Kier alpha value is -1.30. The van der Waals surface area contributed by atoms with Crippen molar-refractivity contribution in [2.24, 2.45) is 0 Å². The van der Waals surface area contributed by atoms with Crippen molar-refractivity contribution in [3.63, 3.8) is 0 Å². The molecule has 0 amide bonds. The SMILES string of the molecule is CCCn1cc(NC(C)CS(C)(=O)=O)ccc1=O. The predicted octanol–water partition coefficient (Wildman–Crippen LogP) is 1.10. The summed E-state index contributed by atoms with van der Waals surface area (Å²) in [5.41, 5.74) is 0.720. The number of hydrogen-bond donors (Lipinski definition) is 1. The molecule has 1 rings (SSSR count). The molecule has 0 aliphatic heterocycles. The van der Waals surface area contributed by atoms with Crippen LogP contribution in [0.3, 0.4) is 0 Å². The van der Waals surface area contributed by atoms with Crippen molar-refractivity contribution in [1.82, 2.24) is 4.57 Å². The van der Waals surface area contributed by atoms with Crippen LogP contribution >= 0.6 is 0 Å². The fraction of sp³-hybridized carbons (Fsp3) is 0.583. The van der Waals surface area contributed by atoms with Crippen molar-refractivity contribution in [1.29, 1.82) is 0 Å². The van der Waals surface area contributed by atoms with E-state index in [1.54, 1.807) is 23.8 Å². The zero-order valence-electron chi connectivity index (χ0n) is 11.0. The molecule has 0 saturated carbocycles. The number of aromatic nitrogens is 1. The monoisotopic (exact) mass is 272 g/mol. The van der Waals surface area contributed by atoms with Gasteiger partial charge < -0.3 is 9.88 Å². The van der Waals surface area contributed by atoms with Crippen molar-refractivity contribution in [3.05, 3.63) is 28.7 Å². The van der Waals surface area contributed by atoms with Crippen molar-refractivity contribution in [3.8, 4) is 0 Å². The lowest BCUT2D eigenvalue weighted by atomic mass is 10.3. The lowest BCUT2D eigenvalue weighted by molar-refractivity contribution is 0.598. The van der Waals surface area contributed by atoms with Crippen LogP contribution in [0.4, 0.5) is 5.69 Å². The highest BCUT2D eigenvalue weighted by atomic mass is 32.2. The minimum atomic E-state index is -3.00. The third kappa shape index (κ3) is 4.91. The molecule has 6 heteroatoms. The van der Waals surface area contributed by atoms with Crippen molar-refractivity contribution in [2.45, 2.75) is 32.9 Å². The van der Waals surface area contributed by atoms with Gasteiger partial charge in [-0.25, -0.2) is 8.42 Å². The first-order chi connectivity index (χ1) is 8.31. The van der Waals surface area contributed by atoms with E-state index in [0.717, 1.165) is 12.1 Å². The second-order valence-electron chi connectivity index (χ2n) is 4.59. The summed E-state index contributed by atoms with van der Waals surface area (Å²) in [6.07, 6.45) is 3.82. The van der Waals surface area contributed by atoms with Gasteiger partial charge in [-0.05, 0) is 19.4 Å². The maximum atomic E-state index is 11.5. The molecule has 102 valence electrons. The summed E-state index contributed by atoms with van der Waals surface area (Å²) in [5, 5.41) is 3.09. The van der Waals surface area contributed by atoms with Gasteiger partial charge in [-0.1, -0.05) is 6.92 Å². The molecule has 1 unspecified atom stereocenters. The summed E-state index contributed by atoms with van der Waals surface area (Å²) in [4.78, 5) is 11.5. The van der Waals surface area contributed by atoms with Crippen LogP contribution in [0.5, 0.6) is 0 Å². The summed E-state index contributed by atoms with van der Waals surface area (Å²) >= 11 is 0. The van der Waals surface area contributed by atoms with Crippen molar-refractivity contribution >= 4 is 15.5 Å². The molecule has 0 bridgehead atoms. The van der Waals surface area contributed by atoms with Gasteiger partial charge in [0, 0.05) is 31.1 Å². The Morgan fingerprint density at radius 2 is 2.06 bits per heavy atom. The Morgan fingerprint density at radius 1 is 1.39 bits per heavy atom. The Balaban J connectivity index is 2.79. The van der Waals surface area contributed by atoms with Crippen LogP contribution in [0, 0.1) is 0 Å². The lowest BCUT2D eigenvalue weighted by Crippen LogP contribution is -2.26. The molecule has 0 fully saturated rings. The average Bonchev–Trinajstić information content (AvgIpc) is 2.20. The second kappa shape index (κ2) is 6.04. The van der Waals surface area contributed by atoms with Gasteiger partial charge in [0.25, 0.3) is 5.56 Å². The summed E-state index contributed by atoms with van der Waals surface area (Å²) in [6, 6.07) is 2.98. The Labute approximate surface area is 108 Å². The molecule has 1 aromatic heterocycles. The van der Waals surface area contributed by atoms with Crippen LogP contribution in [0.2, 0.25) is 0 Å². The third-order valence-corrected chi connectivity index (χ3v) is 3.52. The fourth-order valence-electron chi connectivity index (χ4n) is 1.81. The predicted molar refractivity (Wildman–Crippen MR) is 73.8 cm³/mol. The number of pyridine rings is 1. The topological polar surface area (TPSA) is 68.2 Å². The molecule has 0 spiro atoms. The van der Waals surface area contributed by atoms with E-state index in [0.29, 0.717) is 6.54 Å². The highest BCUT2D eigenvalue weighted by molar-refractivity contribution is 7.90. The summed E-state index contributed by atoms with van der Waals surface area (Å²) < 4.78 is 23.9. The van der Waals surface area contributed by atoms with Crippen LogP contribution in [-0.4, -0.2) is 31.0 Å². The van der Waals surface area contributed by atoms with E-state index in [1.807, 2.05) is 6.92 Å². The van der Waals surface area contributed by atoms with E-state index in [4.69, 9.17) is 0 Å². The largest absolute Gasteiger partial charge is 0.380 e. The zero-order chi connectivity index (χ0) is 13.8. The Bertz CT molecular complexity index is 549. The Kier molecular flexibility index (Phi) is 4.95. The summed E-state index contributed by atoms with van der Waals surface area (Å²) in [5.74, 6) is 0.0693. The number of nitrogens with one attached hydrogen (secondary N) is 1. The fourth-order valence-corrected chi connectivity index (χ4v) is 2.80. The standard InChI is InChI=1S/C12H20N2O3S/c1-4-7-14-8-11(5-6-12(14)15)13-10(2)9-18(3,16)17/h5-6,8,10,13H,4,7,9H2,1-3H3. The average molecular weight is 272 g/mol. The van der Waals surface area contributed by atoms with Gasteiger partial charge in [-0.2, -0.15) is 0 Å². The van der Waals surface area contributed by atoms with E-state index in [1.165, 1.54) is 12.3 Å². The van der Waals surface area contributed by atoms with Crippen LogP contribution in [0.1, 0.15) is 20.3 Å². The molecule has 1 aromatic rings. The van der Waals surface area contributed by atoms with E-state index < -0.39 is 9.84 Å². The minimum Gasteiger partial charge on any atom is -0.380 e. The van der Waals surface area contributed by atoms with Crippen LogP contribution < -0.4 is 10.9 Å². The smallest absolute Gasteiger partial charge is 0.250 e. The molecular weight excluding hydrogens is 252 g/mol. The van der Waals surface area contributed by atoms with E-state index in [2.05, 4.69) is 5.32 Å². The summed E-state index contributed by atoms with van der Waals surface area (Å²) in [6.45, 7) is 4.46. The molecule has 18 heavy (non-hydrogen) atoms. The quantitative estimate of drug-likeness (QED) is 0.842. The molecule has 5 nitrogen and oxygen atoms in total. The Morgan fingerprint density at radius 3 is 2.61 bits per heavy atom. The van der Waals surface area contributed by atoms with Gasteiger partial charge in [-0.3, -0.25) is 4.79 Å². The highest BCUT2D eigenvalue weighted by Gasteiger charge is 2.10. The second-order valence-corrected chi connectivity index (χ2v) is 6.77. The summed E-state index contributed by atoms with van der Waals surface area (Å²) in [7, 11) is -3.00. The number of sulfone groups is 1. The van der Waals surface area contributed by atoms with Gasteiger partial charge in [0.2, 0.25) is 0 Å². The van der Waals surface area contributed by atoms with Gasteiger partial charge in [0.15, 0.2) is 0 Å². The normalized spacial score (nSPS) is 13.3.